The minimum Gasteiger partial charge on any atom is -0.488 e. The van der Waals surface area contributed by atoms with Crippen LogP contribution in [0.1, 0.15) is 33.1 Å². The van der Waals surface area contributed by atoms with Gasteiger partial charge in [-0.1, -0.05) is 13.5 Å². The Balaban J connectivity index is 2.71. The molecule has 0 unspecified atom stereocenters. The molecule has 4 heteroatoms. The fourth-order valence-electron chi connectivity index (χ4n) is 1.19. The zero-order chi connectivity index (χ0) is 12.2. The van der Waals surface area contributed by atoms with Gasteiger partial charge in [0.05, 0.1) is 4.92 Å². The maximum absolute atomic E-state index is 10.6. The highest BCUT2D eigenvalue weighted by Crippen LogP contribution is 2.40. The van der Waals surface area contributed by atoms with Crippen molar-refractivity contribution in [3.8, 4) is 0 Å². The van der Waals surface area contributed by atoms with Crippen molar-refractivity contribution >= 4 is 0 Å². The van der Waals surface area contributed by atoms with Crippen LogP contribution in [-0.2, 0) is 4.74 Å². The fraction of sp³-hybridized carbons (Fsp3) is 0.500. The van der Waals surface area contributed by atoms with E-state index in [4.69, 9.17) is 4.74 Å². The third-order valence-corrected chi connectivity index (χ3v) is 2.56. The number of hydrogen-bond donors (Lipinski definition) is 0. The number of nitro groups is 1. The molecule has 1 aliphatic rings. The minimum absolute atomic E-state index is 0.0884. The first kappa shape index (κ1) is 12.5. The smallest absolute Gasteiger partial charge is 0.246 e. The van der Waals surface area contributed by atoms with Crippen molar-refractivity contribution in [1.82, 2.24) is 0 Å². The average molecular weight is 223 g/mol. The largest absolute Gasteiger partial charge is 0.488 e. The van der Waals surface area contributed by atoms with Crippen LogP contribution in [0.15, 0.2) is 36.3 Å². The number of allylic oxidation sites excluding steroid dienone is 4. The summed E-state index contributed by atoms with van der Waals surface area (Å²) in [7, 11) is 0. The molecule has 0 N–H and O–H groups in total. The van der Waals surface area contributed by atoms with Gasteiger partial charge in [-0.2, -0.15) is 0 Å². The summed E-state index contributed by atoms with van der Waals surface area (Å²) in [4.78, 5) is 10.2. The van der Waals surface area contributed by atoms with Crippen LogP contribution in [0.3, 0.4) is 0 Å². The molecule has 16 heavy (non-hydrogen) atoms. The summed E-state index contributed by atoms with van der Waals surface area (Å²) in [5, 5.41) is 10.6. The first-order valence-electron chi connectivity index (χ1n) is 5.37. The summed E-state index contributed by atoms with van der Waals surface area (Å²) in [5.41, 5.74) is 0.0818. The predicted octanol–water partition coefficient (Wildman–Crippen LogP) is 3.20. The van der Waals surface area contributed by atoms with Gasteiger partial charge in [0.1, 0.15) is 11.4 Å². The van der Waals surface area contributed by atoms with Gasteiger partial charge in [0.15, 0.2) is 0 Å². The molecule has 0 spiro atoms. The molecule has 0 aromatic rings. The van der Waals surface area contributed by atoms with E-state index in [0.29, 0.717) is 12.2 Å². The first-order valence-corrected chi connectivity index (χ1v) is 5.37. The summed E-state index contributed by atoms with van der Waals surface area (Å²) in [6.07, 6.45) is 7.11. The second-order valence-electron chi connectivity index (χ2n) is 4.09. The quantitative estimate of drug-likeness (QED) is 0.301. The minimum atomic E-state index is -0.379. The molecule has 1 fully saturated rings. The Morgan fingerprint density at radius 1 is 1.56 bits per heavy atom. The van der Waals surface area contributed by atoms with Crippen LogP contribution in [0.2, 0.25) is 0 Å². The number of nitrogens with zero attached hydrogens (tertiary/aromatic N) is 1. The molecule has 4 nitrogen and oxygen atoms in total. The van der Waals surface area contributed by atoms with Gasteiger partial charge in [-0.15, -0.1) is 0 Å². The van der Waals surface area contributed by atoms with Crippen LogP contribution in [0.5, 0.6) is 0 Å². The molecular weight excluding hydrogens is 206 g/mol. The molecule has 1 aliphatic carbocycles. The van der Waals surface area contributed by atoms with Crippen molar-refractivity contribution in [2.45, 2.75) is 38.7 Å². The lowest BCUT2D eigenvalue weighted by Crippen LogP contribution is -2.06. The number of rotatable bonds is 6. The van der Waals surface area contributed by atoms with Crippen molar-refractivity contribution in [1.29, 1.82) is 0 Å². The van der Waals surface area contributed by atoms with E-state index < -0.39 is 0 Å². The number of ether oxygens (including phenoxy) is 1. The van der Waals surface area contributed by atoms with Gasteiger partial charge in [-0.25, -0.2) is 0 Å². The van der Waals surface area contributed by atoms with Gasteiger partial charge in [-0.05, 0) is 31.9 Å². The standard InChI is InChI=1S/C12H17NO3/c1-4-10(13(14)15)6-7-11(5-2)16-12(3)8-9-12/h5-7H,2,4,8-9H2,1,3H3/b10-6+,11-7+. The zero-order valence-electron chi connectivity index (χ0n) is 9.73. The van der Waals surface area contributed by atoms with Crippen LogP contribution in [-0.4, -0.2) is 10.5 Å². The van der Waals surface area contributed by atoms with E-state index >= 15 is 0 Å². The molecule has 0 radical (unpaired) electrons. The van der Waals surface area contributed by atoms with E-state index in [1.54, 1.807) is 19.1 Å². The van der Waals surface area contributed by atoms with E-state index in [9.17, 15) is 10.1 Å². The van der Waals surface area contributed by atoms with Gasteiger partial charge >= 0.3 is 0 Å². The molecule has 0 amide bonds. The lowest BCUT2D eigenvalue weighted by Gasteiger charge is -2.12. The molecule has 0 bridgehead atoms. The summed E-state index contributed by atoms with van der Waals surface area (Å²) in [6.45, 7) is 7.39. The van der Waals surface area contributed by atoms with Crippen molar-refractivity contribution in [2.24, 2.45) is 0 Å². The molecule has 88 valence electrons. The van der Waals surface area contributed by atoms with E-state index in [1.807, 2.05) is 6.92 Å². The first-order chi connectivity index (χ1) is 7.50. The Labute approximate surface area is 95.4 Å². The third-order valence-electron chi connectivity index (χ3n) is 2.56. The Hall–Kier alpha value is -1.58. The Morgan fingerprint density at radius 3 is 2.56 bits per heavy atom. The van der Waals surface area contributed by atoms with Gasteiger partial charge in [0, 0.05) is 12.5 Å². The molecule has 1 saturated carbocycles. The van der Waals surface area contributed by atoms with Gasteiger partial charge in [0.25, 0.3) is 0 Å². The normalized spacial score (nSPS) is 19.1. The summed E-state index contributed by atoms with van der Waals surface area (Å²) in [5.74, 6) is 0.591. The molecule has 0 atom stereocenters. The highest BCUT2D eigenvalue weighted by Gasteiger charge is 2.40. The second-order valence-corrected chi connectivity index (χ2v) is 4.09. The van der Waals surface area contributed by atoms with Crippen molar-refractivity contribution in [3.05, 3.63) is 46.4 Å². The lowest BCUT2D eigenvalue weighted by molar-refractivity contribution is -0.427. The third kappa shape index (κ3) is 3.53. The molecule has 0 heterocycles. The van der Waals surface area contributed by atoms with Crippen molar-refractivity contribution < 1.29 is 9.66 Å². The maximum Gasteiger partial charge on any atom is 0.246 e. The molecule has 0 saturated heterocycles. The van der Waals surface area contributed by atoms with E-state index in [-0.39, 0.29) is 16.2 Å². The molecular formula is C12H17NO3. The van der Waals surface area contributed by atoms with E-state index in [2.05, 4.69) is 6.58 Å². The Morgan fingerprint density at radius 2 is 2.19 bits per heavy atom. The van der Waals surface area contributed by atoms with Gasteiger partial charge < -0.3 is 4.74 Å². The van der Waals surface area contributed by atoms with Crippen LogP contribution in [0, 0.1) is 10.1 Å². The lowest BCUT2D eigenvalue weighted by atomic mass is 10.3. The van der Waals surface area contributed by atoms with Crippen molar-refractivity contribution in [3.63, 3.8) is 0 Å². The molecule has 1 rings (SSSR count). The van der Waals surface area contributed by atoms with E-state index in [0.717, 1.165) is 12.8 Å². The zero-order valence-corrected chi connectivity index (χ0v) is 9.73. The SMILES string of the molecule is C=C/C(=C\C=C(/CC)[N+](=O)[O-])OC1(C)CC1. The molecule has 0 aromatic carbocycles. The topological polar surface area (TPSA) is 52.4 Å². The summed E-state index contributed by atoms with van der Waals surface area (Å²) >= 11 is 0. The Bertz CT molecular complexity index is 351. The average Bonchev–Trinajstić information content (AvgIpc) is 2.95. The predicted molar refractivity (Wildman–Crippen MR) is 62.4 cm³/mol. The summed E-state index contributed by atoms with van der Waals surface area (Å²) < 4.78 is 5.65. The molecule has 0 aliphatic heterocycles. The van der Waals surface area contributed by atoms with Crippen LogP contribution in [0.25, 0.3) is 0 Å². The maximum atomic E-state index is 10.6. The van der Waals surface area contributed by atoms with Crippen LogP contribution in [0.4, 0.5) is 0 Å². The van der Waals surface area contributed by atoms with Crippen LogP contribution < -0.4 is 0 Å². The number of hydrogen-bond acceptors (Lipinski definition) is 3. The highest BCUT2D eigenvalue weighted by atomic mass is 16.6. The molecule has 0 aromatic heterocycles. The Kier molecular flexibility index (Phi) is 3.88. The monoisotopic (exact) mass is 223 g/mol. The van der Waals surface area contributed by atoms with E-state index in [1.165, 1.54) is 6.08 Å². The van der Waals surface area contributed by atoms with Crippen LogP contribution >= 0.6 is 0 Å². The fourth-order valence-corrected chi connectivity index (χ4v) is 1.19. The van der Waals surface area contributed by atoms with Crippen molar-refractivity contribution in [2.75, 3.05) is 0 Å². The van der Waals surface area contributed by atoms with Gasteiger partial charge in [-0.3, -0.25) is 10.1 Å². The highest BCUT2D eigenvalue weighted by molar-refractivity contribution is 5.19. The second kappa shape index (κ2) is 4.96. The summed E-state index contributed by atoms with van der Waals surface area (Å²) in [6, 6.07) is 0. The van der Waals surface area contributed by atoms with Gasteiger partial charge in [0.2, 0.25) is 5.70 Å².